The average molecular weight is 479 g/mol. The summed E-state index contributed by atoms with van der Waals surface area (Å²) in [5.41, 5.74) is 1.19. The number of nitrogens with one attached hydrogen (secondary N) is 1. The third-order valence-corrected chi connectivity index (χ3v) is 7.50. The molecule has 4 rings (SSSR count). The first-order valence-corrected chi connectivity index (χ1v) is 13.1. The van der Waals surface area contributed by atoms with Crippen molar-refractivity contribution in [2.24, 2.45) is 5.92 Å². The number of ether oxygens (including phenoxy) is 2. The number of rotatable bonds is 11. The Labute approximate surface area is 199 Å². The van der Waals surface area contributed by atoms with E-state index in [1.54, 1.807) is 11.3 Å². The molecule has 0 bridgehead atoms. The van der Waals surface area contributed by atoms with Gasteiger partial charge in [0.1, 0.15) is 10.7 Å². The van der Waals surface area contributed by atoms with Gasteiger partial charge < -0.3 is 19.6 Å². The summed E-state index contributed by atoms with van der Waals surface area (Å²) in [6, 6.07) is 0. The maximum atomic E-state index is 12.9. The first kappa shape index (κ1) is 24.8. The molecular weight excluding hydrogens is 440 g/mol. The molecule has 3 heterocycles. The highest BCUT2D eigenvalue weighted by atomic mass is 32.1. The molecule has 0 spiro atoms. The Hall–Kier alpha value is -1.36. The Bertz CT molecular complexity index is 954. The van der Waals surface area contributed by atoms with Crippen LogP contribution in [0.25, 0.3) is 10.2 Å². The van der Waals surface area contributed by atoms with Gasteiger partial charge in [0, 0.05) is 44.2 Å². The summed E-state index contributed by atoms with van der Waals surface area (Å²) in [5.74, 6) is 1.11. The Morgan fingerprint density at radius 3 is 2.82 bits per heavy atom. The Morgan fingerprint density at radius 2 is 2.03 bits per heavy atom. The zero-order chi connectivity index (χ0) is 23.2. The third kappa shape index (κ3) is 6.83. The Morgan fingerprint density at radius 1 is 1.24 bits per heavy atom. The second-order valence-electron chi connectivity index (χ2n) is 9.68. The number of aliphatic hydroxyl groups is 1. The van der Waals surface area contributed by atoms with E-state index < -0.39 is 6.10 Å². The molecule has 0 radical (unpaired) electrons. The lowest BCUT2D eigenvalue weighted by molar-refractivity contribution is 0.000565. The van der Waals surface area contributed by atoms with Crippen molar-refractivity contribution in [3.63, 3.8) is 0 Å². The molecule has 1 fully saturated rings. The first-order valence-electron chi connectivity index (χ1n) is 12.3. The fourth-order valence-corrected chi connectivity index (χ4v) is 5.91. The second kappa shape index (κ2) is 11.9. The van der Waals surface area contributed by atoms with Gasteiger partial charge in [0.25, 0.3) is 5.56 Å². The van der Waals surface area contributed by atoms with Crippen molar-refractivity contribution in [2.75, 3.05) is 59.2 Å². The van der Waals surface area contributed by atoms with Crippen LogP contribution in [0.5, 0.6) is 0 Å². The van der Waals surface area contributed by atoms with Gasteiger partial charge in [-0.25, -0.2) is 4.98 Å². The summed E-state index contributed by atoms with van der Waals surface area (Å²) in [5, 5.41) is 11.4. The highest BCUT2D eigenvalue weighted by Crippen LogP contribution is 2.33. The number of nitrogens with zero attached hydrogens (tertiary/aromatic N) is 3. The van der Waals surface area contributed by atoms with E-state index >= 15 is 0 Å². The molecule has 9 heteroatoms. The predicted octanol–water partition coefficient (Wildman–Crippen LogP) is 2.03. The summed E-state index contributed by atoms with van der Waals surface area (Å²) < 4.78 is 11.1. The van der Waals surface area contributed by atoms with Gasteiger partial charge in [-0.05, 0) is 37.2 Å². The smallest absolute Gasteiger partial charge is 0.259 e. The van der Waals surface area contributed by atoms with Crippen molar-refractivity contribution in [3.8, 4) is 0 Å². The summed E-state index contributed by atoms with van der Waals surface area (Å²) in [4.78, 5) is 27.6. The molecule has 0 amide bonds. The number of hydrogen-bond donors (Lipinski definition) is 2. The largest absolute Gasteiger partial charge is 0.389 e. The molecule has 1 atom stereocenters. The molecule has 8 nitrogen and oxygen atoms in total. The molecule has 0 aromatic carbocycles. The number of fused-ring (bicyclic) bond motifs is 3. The molecule has 2 aliphatic rings. The lowest BCUT2D eigenvalue weighted by Gasteiger charge is -2.30. The van der Waals surface area contributed by atoms with Crippen molar-refractivity contribution in [2.45, 2.75) is 52.2 Å². The number of aliphatic hydroxyl groups excluding tert-OH is 1. The zero-order valence-corrected chi connectivity index (χ0v) is 20.8. The molecule has 184 valence electrons. The number of H-pyrrole nitrogens is 1. The lowest BCUT2D eigenvalue weighted by Crippen LogP contribution is -2.43. The summed E-state index contributed by atoms with van der Waals surface area (Å²) in [6.07, 6.45) is 3.79. The van der Waals surface area contributed by atoms with Crippen molar-refractivity contribution in [3.05, 3.63) is 26.6 Å². The first-order chi connectivity index (χ1) is 16.0. The lowest BCUT2D eigenvalue weighted by atomic mass is 9.97. The van der Waals surface area contributed by atoms with Crippen LogP contribution < -0.4 is 5.56 Å². The zero-order valence-electron chi connectivity index (χ0n) is 20.0. The summed E-state index contributed by atoms with van der Waals surface area (Å²) in [6.45, 7) is 11.2. The quantitative estimate of drug-likeness (QED) is 0.511. The molecule has 2 N–H and O–H groups in total. The van der Waals surface area contributed by atoms with E-state index in [1.165, 1.54) is 16.9 Å². The highest BCUT2D eigenvalue weighted by Gasteiger charge is 2.21. The van der Waals surface area contributed by atoms with Crippen molar-refractivity contribution in [1.29, 1.82) is 0 Å². The molecule has 2 aromatic heterocycles. The van der Waals surface area contributed by atoms with Crippen molar-refractivity contribution in [1.82, 2.24) is 19.8 Å². The molecular formula is C24H38N4O4S. The Kier molecular flexibility index (Phi) is 8.90. The predicted molar refractivity (Wildman–Crippen MR) is 131 cm³/mol. The van der Waals surface area contributed by atoms with Crippen LogP contribution >= 0.6 is 11.3 Å². The fraction of sp³-hybridized carbons (Fsp3) is 0.750. The molecule has 0 saturated carbocycles. The number of aryl methyl sites for hydroxylation is 2. The highest BCUT2D eigenvalue weighted by molar-refractivity contribution is 7.18. The van der Waals surface area contributed by atoms with E-state index in [4.69, 9.17) is 14.5 Å². The second-order valence-corrected chi connectivity index (χ2v) is 10.8. The van der Waals surface area contributed by atoms with Gasteiger partial charge in [-0.2, -0.15) is 0 Å². The fourth-order valence-electron chi connectivity index (χ4n) is 4.63. The van der Waals surface area contributed by atoms with Gasteiger partial charge in [-0.1, -0.05) is 13.8 Å². The number of hydrogen-bond acceptors (Lipinski definition) is 8. The van der Waals surface area contributed by atoms with Gasteiger partial charge in [0.2, 0.25) is 0 Å². The van der Waals surface area contributed by atoms with Crippen LogP contribution in [0.3, 0.4) is 0 Å². The van der Waals surface area contributed by atoms with E-state index in [9.17, 15) is 9.90 Å². The van der Waals surface area contributed by atoms with Crippen LogP contribution in [0.2, 0.25) is 0 Å². The minimum atomic E-state index is -0.585. The van der Waals surface area contributed by atoms with E-state index in [-0.39, 0.29) is 5.56 Å². The minimum Gasteiger partial charge on any atom is -0.389 e. The number of thiophene rings is 1. The summed E-state index contributed by atoms with van der Waals surface area (Å²) in [7, 11) is 0. The molecule has 1 aliphatic carbocycles. The van der Waals surface area contributed by atoms with E-state index in [1.807, 2.05) is 0 Å². The van der Waals surface area contributed by atoms with Crippen LogP contribution in [-0.2, 0) is 28.9 Å². The average Bonchev–Trinajstić information content (AvgIpc) is 3.17. The molecule has 2 aromatic rings. The Balaban J connectivity index is 1.45. The van der Waals surface area contributed by atoms with E-state index in [2.05, 4.69) is 28.6 Å². The maximum Gasteiger partial charge on any atom is 0.259 e. The maximum absolute atomic E-state index is 12.9. The van der Waals surface area contributed by atoms with Gasteiger partial charge in [-0.3, -0.25) is 14.6 Å². The molecule has 0 unspecified atom stereocenters. The SMILES string of the molecule is CC(C)COC[C@H](O)CN(CCN1CCOCC1)Cc1nc2sc3c(c2c(=O)[nH]1)CCCC3. The minimum absolute atomic E-state index is 0.0247. The number of aromatic amines is 1. The van der Waals surface area contributed by atoms with Gasteiger partial charge in [0.15, 0.2) is 0 Å². The number of morpholine rings is 1. The summed E-state index contributed by atoms with van der Waals surface area (Å²) >= 11 is 1.68. The van der Waals surface area contributed by atoms with Crippen LogP contribution in [0.15, 0.2) is 4.79 Å². The van der Waals surface area contributed by atoms with Crippen LogP contribution in [-0.4, -0.2) is 90.1 Å². The van der Waals surface area contributed by atoms with Crippen LogP contribution in [0, 0.1) is 5.92 Å². The van der Waals surface area contributed by atoms with Crippen molar-refractivity contribution < 1.29 is 14.6 Å². The van der Waals surface area contributed by atoms with E-state index in [0.29, 0.717) is 38.0 Å². The monoisotopic (exact) mass is 478 g/mol. The molecule has 1 saturated heterocycles. The molecule has 1 aliphatic heterocycles. The van der Waals surface area contributed by atoms with Crippen LogP contribution in [0.4, 0.5) is 0 Å². The van der Waals surface area contributed by atoms with Gasteiger partial charge in [0.05, 0.1) is 37.9 Å². The number of aromatic nitrogens is 2. The van der Waals surface area contributed by atoms with Crippen molar-refractivity contribution >= 4 is 21.6 Å². The molecule has 33 heavy (non-hydrogen) atoms. The van der Waals surface area contributed by atoms with E-state index in [0.717, 1.165) is 68.9 Å². The topological polar surface area (TPSA) is 90.9 Å². The normalized spacial score (nSPS) is 18.3. The van der Waals surface area contributed by atoms with Crippen LogP contribution in [0.1, 0.15) is 43.0 Å². The van der Waals surface area contributed by atoms with Gasteiger partial charge in [-0.15, -0.1) is 11.3 Å². The standard InChI is InChI=1S/C24H38N4O4S/c1-17(2)15-32-16-18(29)13-28(8-7-27-9-11-31-12-10-27)14-21-25-23(30)22-19-5-3-4-6-20(19)33-24(22)26-21/h17-18,29H,3-16H2,1-2H3,(H,25,26,30)/t18-/m1/s1. The van der Waals surface area contributed by atoms with Gasteiger partial charge >= 0.3 is 0 Å². The third-order valence-electron chi connectivity index (χ3n) is 6.31.